The van der Waals surface area contributed by atoms with Crippen LogP contribution in [0.2, 0.25) is 0 Å². The number of aliphatic imine (C=N–C) groups is 1. The molecular formula is C25H36F3N5O2. The number of ether oxygens (including phenoxy) is 1. The summed E-state index contributed by atoms with van der Waals surface area (Å²) in [5.74, 6) is 0.403. The number of hydrazine groups is 1. The van der Waals surface area contributed by atoms with Gasteiger partial charge in [0.2, 0.25) is 5.91 Å². The summed E-state index contributed by atoms with van der Waals surface area (Å²) in [5.41, 5.74) is 5.01. The highest BCUT2D eigenvalue weighted by Crippen LogP contribution is 2.46. The third-order valence-electron chi connectivity index (χ3n) is 7.99. The van der Waals surface area contributed by atoms with E-state index in [9.17, 15) is 18.0 Å². The Balaban J connectivity index is 1.47. The number of benzene rings is 1. The number of alkyl halides is 3. The van der Waals surface area contributed by atoms with E-state index < -0.39 is 17.2 Å². The first-order valence-electron chi connectivity index (χ1n) is 12.4. The summed E-state index contributed by atoms with van der Waals surface area (Å²) in [6, 6.07) is 4.60. The highest BCUT2D eigenvalue weighted by molar-refractivity contribution is 5.99. The zero-order valence-corrected chi connectivity index (χ0v) is 20.7. The highest BCUT2D eigenvalue weighted by Gasteiger charge is 2.49. The predicted octanol–water partition coefficient (Wildman–Crippen LogP) is 3.44. The average molecular weight is 496 g/mol. The molecule has 2 aliphatic heterocycles. The second kappa shape index (κ2) is 10.4. The lowest BCUT2D eigenvalue weighted by Gasteiger charge is -2.37. The SMILES string of the molecule is CC(C)[C@]1(C(=O)NCc2cc(C3=NCNN3)cc(C(F)(F)F)c2)CC[C@@H](N(C)C2CCOCC2)C1. The van der Waals surface area contributed by atoms with Crippen LogP contribution in [0.1, 0.15) is 62.6 Å². The Morgan fingerprint density at radius 1 is 1.23 bits per heavy atom. The van der Waals surface area contributed by atoms with Gasteiger partial charge in [0.25, 0.3) is 0 Å². The maximum atomic E-state index is 13.5. The molecule has 2 heterocycles. The first-order valence-corrected chi connectivity index (χ1v) is 12.4. The molecule has 1 amide bonds. The van der Waals surface area contributed by atoms with Crippen molar-refractivity contribution in [3.63, 3.8) is 0 Å². The minimum Gasteiger partial charge on any atom is -0.381 e. The molecule has 35 heavy (non-hydrogen) atoms. The van der Waals surface area contributed by atoms with E-state index in [1.54, 1.807) is 6.07 Å². The van der Waals surface area contributed by atoms with Gasteiger partial charge in [-0.05, 0) is 68.8 Å². The van der Waals surface area contributed by atoms with Gasteiger partial charge in [0.15, 0.2) is 0 Å². The van der Waals surface area contributed by atoms with Crippen LogP contribution in [0, 0.1) is 11.3 Å². The lowest BCUT2D eigenvalue weighted by atomic mass is 9.74. The van der Waals surface area contributed by atoms with Crippen molar-refractivity contribution < 1.29 is 22.7 Å². The van der Waals surface area contributed by atoms with Crippen molar-refractivity contribution in [2.75, 3.05) is 26.9 Å². The van der Waals surface area contributed by atoms with Gasteiger partial charge in [0, 0.05) is 37.4 Å². The number of amidine groups is 1. The normalized spacial score (nSPS) is 25.7. The minimum absolute atomic E-state index is 0.0331. The molecule has 0 radical (unpaired) electrons. The molecule has 1 saturated carbocycles. The van der Waals surface area contributed by atoms with Gasteiger partial charge in [-0.1, -0.05) is 13.8 Å². The van der Waals surface area contributed by atoms with E-state index in [1.165, 1.54) is 0 Å². The first-order chi connectivity index (χ1) is 16.6. The molecule has 4 rings (SSSR count). The molecule has 7 nitrogen and oxygen atoms in total. The second-order valence-electron chi connectivity index (χ2n) is 10.3. The largest absolute Gasteiger partial charge is 0.416 e. The maximum absolute atomic E-state index is 13.5. The van der Waals surface area contributed by atoms with Crippen molar-refractivity contribution in [2.24, 2.45) is 16.3 Å². The standard InChI is InChI=1S/C25H36F3N5O2/c1-16(2)24(7-4-21(13-24)33(3)20-5-8-35-9-6-20)23(34)29-14-17-10-18(22-30-15-31-32-22)12-19(11-17)25(26,27)28/h10-12,16,20-21,31H,4-9,13-15H2,1-3H3,(H,29,34)(H,30,32)/t21-,24+/m1/s1. The van der Waals surface area contributed by atoms with E-state index in [0.717, 1.165) is 57.5 Å². The summed E-state index contributed by atoms with van der Waals surface area (Å²) >= 11 is 0. The molecular weight excluding hydrogens is 459 g/mol. The molecule has 1 aromatic rings. The van der Waals surface area contributed by atoms with Gasteiger partial charge in [0.05, 0.1) is 11.0 Å². The Kier molecular flexibility index (Phi) is 7.73. The highest BCUT2D eigenvalue weighted by atomic mass is 19.4. The maximum Gasteiger partial charge on any atom is 0.416 e. The lowest BCUT2D eigenvalue weighted by Crippen LogP contribution is -2.46. The number of hydrogen-bond acceptors (Lipinski definition) is 6. The third kappa shape index (κ3) is 5.65. The molecule has 0 aromatic heterocycles. The zero-order valence-electron chi connectivity index (χ0n) is 20.7. The zero-order chi connectivity index (χ0) is 25.2. The summed E-state index contributed by atoms with van der Waals surface area (Å²) in [5, 5.41) is 2.98. The van der Waals surface area contributed by atoms with Crippen LogP contribution in [0.5, 0.6) is 0 Å². The van der Waals surface area contributed by atoms with E-state index >= 15 is 0 Å². The van der Waals surface area contributed by atoms with Crippen LogP contribution in [-0.4, -0.2) is 55.7 Å². The van der Waals surface area contributed by atoms with Gasteiger partial charge >= 0.3 is 6.18 Å². The van der Waals surface area contributed by atoms with E-state index in [4.69, 9.17) is 4.74 Å². The minimum atomic E-state index is -4.49. The Morgan fingerprint density at radius 3 is 2.60 bits per heavy atom. The van der Waals surface area contributed by atoms with E-state index in [-0.39, 0.29) is 25.0 Å². The van der Waals surface area contributed by atoms with Crippen LogP contribution in [0.4, 0.5) is 13.2 Å². The fraction of sp³-hybridized carbons (Fsp3) is 0.680. The van der Waals surface area contributed by atoms with Gasteiger partial charge in [-0.2, -0.15) is 13.2 Å². The van der Waals surface area contributed by atoms with Crippen LogP contribution >= 0.6 is 0 Å². The lowest BCUT2D eigenvalue weighted by molar-refractivity contribution is -0.137. The third-order valence-corrected chi connectivity index (χ3v) is 7.99. The summed E-state index contributed by atoms with van der Waals surface area (Å²) in [4.78, 5) is 20.1. The van der Waals surface area contributed by atoms with Gasteiger partial charge in [-0.25, -0.2) is 10.4 Å². The monoisotopic (exact) mass is 495 g/mol. The molecule has 1 aliphatic carbocycles. The molecule has 194 valence electrons. The van der Waals surface area contributed by atoms with Gasteiger partial charge in [-0.15, -0.1) is 0 Å². The van der Waals surface area contributed by atoms with E-state index in [1.807, 2.05) is 0 Å². The molecule has 1 aromatic carbocycles. The van der Waals surface area contributed by atoms with Crippen LogP contribution < -0.4 is 16.2 Å². The Morgan fingerprint density at radius 2 is 1.97 bits per heavy atom. The number of nitrogens with zero attached hydrogens (tertiary/aromatic N) is 2. The smallest absolute Gasteiger partial charge is 0.381 e. The van der Waals surface area contributed by atoms with Crippen LogP contribution in [-0.2, 0) is 22.3 Å². The van der Waals surface area contributed by atoms with Crippen LogP contribution in [0.25, 0.3) is 0 Å². The molecule has 0 unspecified atom stereocenters. The molecule has 2 atom stereocenters. The van der Waals surface area contributed by atoms with E-state index in [2.05, 4.69) is 47.0 Å². The fourth-order valence-electron chi connectivity index (χ4n) is 5.68. The molecule has 10 heteroatoms. The first kappa shape index (κ1) is 25.9. The van der Waals surface area contributed by atoms with Crippen molar-refractivity contribution in [3.05, 3.63) is 34.9 Å². The summed E-state index contributed by atoms with van der Waals surface area (Å²) in [6.45, 7) is 6.00. The van der Waals surface area contributed by atoms with Crippen molar-refractivity contribution in [3.8, 4) is 0 Å². The van der Waals surface area contributed by atoms with Crippen LogP contribution in [0.3, 0.4) is 0 Å². The molecule has 0 spiro atoms. The summed E-state index contributed by atoms with van der Waals surface area (Å²) in [6.07, 6.45) is -0.0258. The fourth-order valence-corrected chi connectivity index (χ4v) is 5.68. The number of hydrogen-bond donors (Lipinski definition) is 3. The number of amides is 1. The predicted molar refractivity (Wildman–Crippen MR) is 127 cm³/mol. The van der Waals surface area contributed by atoms with Crippen molar-refractivity contribution in [1.82, 2.24) is 21.1 Å². The molecule has 2 fully saturated rings. The average Bonchev–Trinajstić information content (AvgIpc) is 3.53. The van der Waals surface area contributed by atoms with Crippen molar-refractivity contribution >= 4 is 11.7 Å². The molecule has 3 aliphatic rings. The van der Waals surface area contributed by atoms with Gasteiger partial charge in [0.1, 0.15) is 12.5 Å². The molecule has 1 saturated heterocycles. The number of carbonyl (C=O) groups excluding carboxylic acids is 1. The quantitative estimate of drug-likeness (QED) is 0.540. The number of nitrogens with one attached hydrogen (secondary N) is 3. The molecule has 3 N–H and O–H groups in total. The van der Waals surface area contributed by atoms with Crippen LogP contribution in [0.15, 0.2) is 23.2 Å². The topological polar surface area (TPSA) is 78.0 Å². The van der Waals surface area contributed by atoms with E-state index in [0.29, 0.717) is 29.0 Å². The van der Waals surface area contributed by atoms with Gasteiger partial charge < -0.3 is 20.4 Å². The van der Waals surface area contributed by atoms with Gasteiger partial charge in [-0.3, -0.25) is 4.79 Å². The van der Waals surface area contributed by atoms with Crippen molar-refractivity contribution in [2.45, 2.75) is 70.8 Å². The summed E-state index contributed by atoms with van der Waals surface area (Å²) in [7, 11) is 2.15. The molecule has 0 bridgehead atoms. The number of rotatable bonds is 7. The Hall–Kier alpha value is -2.17. The number of carbonyl (C=O) groups is 1. The second-order valence-corrected chi connectivity index (χ2v) is 10.3. The Labute approximate surface area is 204 Å². The van der Waals surface area contributed by atoms with Crippen molar-refractivity contribution in [1.29, 1.82) is 0 Å². The number of halogens is 3. The summed E-state index contributed by atoms with van der Waals surface area (Å²) < 4.78 is 46.1. The Bertz CT molecular complexity index is 946.